The zero-order valence-electron chi connectivity index (χ0n) is 14.2. The number of ether oxygens (including phenoxy) is 1. The largest absolute Gasteiger partial charge is 0.387 e. The lowest BCUT2D eigenvalue weighted by Crippen LogP contribution is -2.40. The topological polar surface area (TPSA) is 178 Å². The molecule has 0 aromatic carbocycles. The number of nitrogen functional groups attached to an aromatic ring is 1. The van der Waals surface area contributed by atoms with Gasteiger partial charge in [0.25, 0.3) is 0 Å². The van der Waals surface area contributed by atoms with Crippen LogP contribution in [0.1, 0.15) is 12.6 Å². The van der Waals surface area contributed by atoms with Gasteiger partial charge in [-0.3, -0.25) is 14.8 Å². The van der Waals surface area contributed by atoms with Crippen LogP contribution in [0.5, 0.6) is 0 Å². The first-order chi connectivity index (χ1) is 12.4. The van der Waals surface area contributed by atoms with E-state index < -0.39 is 24.5 Å². The van der Waals surface area contributed by atoms with Crippen LogP contribution in [-0.2, 0) is 9.53 Å². The third-order valence-electron chi connectivity index (χ3n) is 4.37. The summed E-state index contributed by atoms with van der Waals surface area (Å²) in [4.78, 5) is 25.2. The van der Waals surface area contributed by atoms with Crippen LogP contribution in [0, 0.1) is 0 Å². The number of aliphatic hydroxyl groups excluding tert-OH is 2. The summed E-state index contributed by atoms with van der Waals surface area (Å²) in [6, 6.07) is 0. The molecule has 4 atom stereocenters. The molecule has 0 radical (unpaired) electrons. The summed E-state index contributed by atoms with van der Waals surface area (Å²) in [5, 5.41) is 20.7. The van der Waals surface area contributed by atoms with Crippen LogP contribution in [0.3, 0.4) is 0 Å². The minimum atomic E-state index is -1.17. The lowest BCUT2D eigenvalue weighted by molar-refractivity contribution is -0.121. The number of imidazole rings is 1. The SMILES string of the molecule is CN(CCC(=O)NN)C[C@H]1O[C@@H](n2cnc3c(N)ncnc32)[C@H](O)[C@@H]1O. The van der Waals surface area contributed by atoms with Crippen molar-refractivity contribution in [3.8, 4) is 0 Å². The van der Waals surface area contributed by atoms with E-state index in [1.54, 1.807) is 7.05 Å². The van der Waals surface area contributed by atoms with Gasteiger partial charge >= 0.3 is 0 Å². The summed E-state index contributed by atoms with van der Waals surface area (Å²) in [7, 11) is 1.78. The van der Waals surface area contributed by atoms with Crippen molar-refractivity contribution in [1.29, 1.82) is 0 Å². The zero-order valence-corrected chi connectivity index (χ0v) is 14.2. The Balaban J connectivity index is 1.71. The molecule has 1 amide bonds. The number of carbonyl (C=O) groups excluding carboxylic acids is 1. The molecule has 2 aromatic rings. The number of hydrazine groups is 1. The smallest absolute Gasteiger partial charge is 0.235 e. The number of hydrogen-bond donors (Lipinski definition) is 5. The minimum absolute atomic E-state index is 0.212. The van der Waals surface area contributed by atoms with E-state index in [1.165, 1.54) is 17.2 Å². The Kier molecular flexibility index (Phi) is 5.29. The van der Waals surface area contributed by atoms with Gasteiger partial charge in [0, 0.05) is 19.5 Å². The van der Waals surface area contributed by atoms with Gasteiger partial charge in [-0.15, -0.1) is 0 Å². The van der Waals surface area contributed by atoms with Gasteiger partial charge in [-0.25, -0.2) is 20.8 Å². The minimum Gasteiger partial charge on any atom is -0.387 e. The number of carbonyl (C=O) groups is 1. The second-order valence-electron chi connectivity index (χ2n) is 6.21. The molecule has 0 bridgehead atoms. The zero-order chi connectivity index (χ0) is 18.8. The van der Waals surface area contributed by atoms with Gasteiger partial charge in [-0.2, -0.15) is 0 Å². The predicted molar refractivity (Wildman–Crippen MR) is 90.1 cm³/mol. The monoisotopic (exact) mass is 366 g/mol. The van der Waals surface area contributed by atoms with Crippen LogP contribution in [0.25, 0.3) is 11.2 Å². The number of aliphatic hydroxyl groups is 2. The summed E-state index contributed by atoms with van der Waals surface area (Å²) in [5.74, 6) is 4.98. The molecule has 12 heteroatoms. The van der Waals surface area contributed by atoms with E-state index in [-0.39, 0.29) is 18.1 Å². The fraction of sp³-hybridized carbons (Fsp3) is 0.571. The second-order valence-corrected chi connectivity index (χ2v) is 6.21. The number of anilines is 1. The van der Waals surface area contributed by atoms with Crippen molar-refractivity contribution in [2.24, 2.45) is 5.84 Å². The molecule has 1 aliphatic rings. The predicted octanol–water partition coefficient (Wildman–Crippen LogP) is -2.66. The molecule has 0 unspecified atom stereocenters. The Bertz CT molecular complexity index is 783. The van der Waals surface area contributed by atoms with E-state index in [1.807, 2.05) is 4.90 Å². The maximum atomic E-state index is 11.2. The molecule has 12 nitrogen and oxygen atoms in total. The molecule has 2 aromatic heterocycles. The Morgan fingerprint density at radius 1 is 1.38 bits per heavy atom. The highest BCUT2D eigenvalue weighted by Gasteiger charge is 2.44. The van der Waals surface area contributed by atoms with Crippen molar-refractivity contribution < 1.29 is 19.7 Å². The molecule has 1 fully saturated rings. The number of aromatic nitrogens is 4. The Morgan fingerprint density at radius 3 is 2.88 bits per heavy atom. The quantitative estimate of drug-likeness (QED) is 0.206. The van der Waals surface area contributed by atoms with Crippen LogP contribution < -0.4 is 17.0 Å². The normalized spacial score (nSPS) is 25.9. The van der Waals surface area contributed by atoms with Gasteiger partial charge in [0.2, 0.25) is 5.91 Å². The number of amides is 1. The maximum Gasteiger partial charge on any atom is 0.235 e. The standard InChI is InChI=1S/C14H22N8O4/c1-21(3-2-8(23)20-16)4-7-10(24)11(25)14(26-7)22-6-19-9-12(15)17-5-18-13(9)22/h5-7,10-11,14,24-25H,2-4,16H2,1H3,(H,20,23)(H2,15,17,18)/t7-,10-,11-,14-/m1/s1. The summed E-state index contributed by atoms with van der Waals surface area (Å²) < 4.78 is 7.35. The second kappa shape index (κ2) is 7.47. The van der Waals surface area contributed by atoms with Crippen molar-refractivity contribution in [1.82, 2.24) is 29.8 Å². The molecule has 142 valence electrons. The molecule has 0 spiro atoms. The van der Waals surface area contributed by atoms with Gasteiger partial charge in [0.15, 0.2) is 17.7 Å². The van der Waals surface area contributed by atoms with E-state index in [0.717, 1.165) is 0 Å². The summed E-state index contributed by atoms with van der Waals surface area (Å²) >= 11 is 0. The molecule has 1 saturated heterocycles. The van der Waals surface area contributed by atoms with E-state index >= 15 is 0 Å². The summed E-state index contributed by atoms with van der Waals surface area (Å²) in [6.07, 6.45) is -0.858. The number of hydrogen-bond acceptors (Lipinski definition) is 10. The van der Waals surface area contributed by atoms with Crippen LogP contribution in [-0.4, -0.2) is 79.0 Å². The fourth-order valence-electron chi connectivity index (χ4n) is 2.93. The van der Waals surface area contributed by atoms with Crippen LogP contribution in [0.15, 0.2) is 12.7 Å². The van der Waals surface area contributed by atoms with Crippen LogP contribution in [0.2, 0.25) is 0 Å². The van der Waals surface area contributed by atoms with Crippen molar-refractivity contribution >= 4 is 22.9 Å². The maximum absolute atomic E-state index is 11.2. The number of likely N-dealkylation sites (N-methyl/N-ethyl adjacent to an activating group) is 1. The van der Waals surface area contributed by atoms with Gasteiger partial charge in [0.05, 0.1) is 6.33 Å². The summed E-state index contributed by atoms with van der Waals surface area (Å²) in [6.45, 7) is 0.741. The Morgan fingerprint density at radius 2 is 2.15 bits per heavy atom. The number of nitrogens with zero attached hydrogens (tertiary/aromatic N) is 5. The number of nitrogens with one attached hydrogen (secondary N) is 1. The summed E-state index contributed by atoms with van der Waals surface area (Å²) in [5.41, 5.74) is 8.62. The van der Waals surface area contributed by atoms with Crippen molar-refractivity contribution in [3.63, 3.8) is 0 Å². The average Bonchev–Trinajstić information content (AvgIpc) is 3.17. The third-order valence-corrected chi connectivity index (χ3v) is 4.37. The van der Waals surface area contributed by atoms with Crippen molar-refractivity contribution in [3.05, 3.63) is 12.7 Å². The molecule has 0 aliphatic carbocycles. The highest BCUT2D eigenvalue weighted by Crippen LogP contribution is 2.32. The Hall–Kier alpha value is -2.38. The lowest BCUT2D eigenvalue weighted by atomic mass is 10.1. The fourth-order valence-corrected chi connectivity index (χ4v) is 2.93. The van der Waals surface area contributed by atoms with E-state index in [2.05, 4.69) is 20.4 Å². The van der Waals surface area contributed by atoms with E-state index in [0.29, 0.717) is 24.3 Å². The first-order valence-electron chi connectivity index (χ1n) is 8.05. The third kappa shape index (κ3) is 3.45. The van der Waals surface area contributed by atoms with Crippen molar-refractivity contribution in [2.45, 2.75) is 31.0 Å². The molecular weight excluding hydrogens is 344 g/mol. The van der Waals surface area contributed by atoms with Crippen LogP contribution in [0.4, 0.5) is 5.82 Å². The van der Waals surface area contributed by atoms with Gasteiger partial charge in [0.1, 0.15) is 30.2 Å². The first-order valence-corrected chi connectivity index (χ1v) is 8.05. The highest BCUT2D eigenvalue weighted by atomic mass is 16.6. The van der Waals surface area contributed by atoms with Gasteiger partial charge in [-0.05, 0) is 7.05 Å². The molecule has 1 aliphatic heterocycles. The van der Waals surface area contributed by atoms with Gasteiger partial charge in [-0.1, -0.05) is 0 Å². The van der Waals surface area contributed by atoms with Crippen LogP contribution >= 0.6 is 0 Å². The number of rotatable bonds is 6. The first kappa shape index (κ1) is 18.4. The van der Waals surface area contributed by atoms with Gasteiger partial charge < -0.3 is 25.6 Å². The number of nitrogens with two attached hydrogens (primary N) is 2. The molecule has 3 rings (SSSR count). The van der Waals surface area contributed by atoms with Crippen molar-refractivity contribution in [2.75, 3.05) is 25.9 Å². The molecular formula is C14H22N8O4. The molecule has 3 heterocycles. The molecule has 26 heavy (non-hydrogen) atoms. The van der Waals surface area contributed by atoms with E-state index in [9.17, 15) is 15.0 Å². The highest BCUT2D eigenvalue weighted by molar-refractivity contribution is 5.81. The van der Waals surface area contributed by atoms with E-state index in [4.69, 9.17) is 16.3 Å². The Labute approximate surface area is 148 Å². The molecule has 0 saturated carbocycles. The number of fused-ring (bicyclic) bond motifs is 1. The average molecular weight is 366 g/mol. The molecule has 7 N–H and O–H groups in total. The lowest BCUT2D eigenvalue weighted by Gasteiger charge is -2.22.